The first-order valence-corrected chi connectivity index (χ1v) is 9.24. The Labute approximate surface area is 160 Å². The number of halogens is 3. The number of benzene rings is 1. The fourth-order valence-electron chi connectivity index (χ4n) is 3.88. The molecule has 0 spiro atoms. The number of anilines is 2. The molecule has 0 aromatic heterocycles. The molecule has 1 heterocycles. The molecule has 152 valence electrons. The number of nitrogens with one attached hydrogen (secondary N) is 2. The third-order valence-electron chi connectivity index (χ3n) is 5.20. The SMILES string of the molecule is CC(=O)Nc1ccc(NC(=O)C2CC(=O)N(C3CCCC3)C2)c(C(F)(F)F)c1. The van der Waals surface area contributed by atoms with Gasteiger partial charge in [0.25, 0.3) is 0 Å². The summed E-state index contributed by atoms with van der Waals surface area (Å²) in [6.07, 6.45) is -0.806. The molecular weight excluding hydrogens is 375 g/mol. The summed E-state index contributed by atoms with van der Waals surface area (Å²) in [6, 6.07) is 3.31. The summed E-state index contributed by atoms with van der Waals surface area (Å²) in [6.45, 7) is 1.43. The maximum Gasteiger partial charge on any atom is 0.418 e. The number of carbonyl (C=O) groups is 3. The minimum absolute atomic E-state index is 0.00760. The molecule has 1 aliphatic carbocycles. The second-order valence-corrected chi connectivity index (χ2v) is 7.31. The van der Waals surface area contributed by atoms with Gasteiger partial charge in [-0.15, -0.1) is 0 Å². The van der Waals surface area contributed by atoms with Crippen LogP contribution in [0.5, 0.6) is 0 Å². The Balaban J connectivity index is 1.74. The average molecular weight is 397 g/mol. The Morgan fingerprint density at radius 1 is 1.14 bits per heavy atom. The summed E-state index contributed by atoms with van der Waals surface area (Å²) in [5.41, 5.74) is -1.45. The Morgan fingerprint density at radius 2 is 1.82 bits per heavy atom. The molecule has 1 saturated heterocycles. The molecule has 1 atom stereocenters. The molecule has 2 aliphatic rings. The molecule has 3 amide bonds. The Kier molecular flexibility index (Phi) is 5.62. The van der Waals surface area contributed by atoms with Crippen molar-refractivity contribution in [2.24, 2.45) is 5.92 Å². The monoisotopic (exact) mass is 397 g/mol. The molecule has 28 heavy (non-hydrogen) atoms. The van der Waals surface area contributed by atoms with Crippen LogP contribution in [0.25, 0.3) is 0 Å². The van der Waals surface area contributed by atoms with E-state index in [0.29, 0.717) is 0 Å². The number of carbonyl (C=O) groups excluding carboxylic acids is 3. The van der Waals surface area contributed by atoms with E-state index >= 15 is 0 Å². The van der Waals surface area contributed by atoms with Crippen LogP contribution < -0.4 is 10.6 Å². The van der Waals surface area contributed by atoms with Gasteiger partial charge in [-0.05, 0) is 31.0 Å². The number of hydrogen-bond acceptors (Lipinski definition) is 3. The van der Waals surface area contributed by atoms with Crippen molar-refractivity contribution in [1.29, 1.82) is 0 Å². The molecule has 1 aliphatic heterocycles. The lowest BCUT2D eigenvalue weighted by atomic mass is 10.1. The smallest absolute Gasteiger partial charge is 0.339 e. The van der Waals surface area contributed by atoms with Gasteiger partial charge in [0.05, 0.1) is 17.2 Å². The highest BCUT2D eigenvalue weighted by atomic mass is 19.4. The van der Waals surface area contributed by atoms with E-state index in [0.717, 1.165) is 37.8 Å². The van der Waals surface area contributed by atoms with Gasteiger partial charge in [0.2, 0.25) is 17.7 Å². The van der Waals surface area contributed by atoms with Crippen molar-refractivity contribution >= 4 is 29.1 Å². The van der Waals surface area contributed by atoms with E-state index in [9.17, 15) is 27.6 Å². The molecule has 2 fully saturated rings. The molecule has 0 radical (unpaired) electrons. The van der Waals surface area contributed by atoms with Crippen molar-refractivity contribution in [3.05, 3.63) is 23.8 Å². The zero-order valence-corrected chi connectivity index (χ0v) is 15.4. The molecule has 6 nitrogen and oxygen atoms in total. The summed E-state index contributed by atoms with van der Waals surface area (Å²) in [7, 11) is 0. The van der Waals surface area contributed by atoms with Crippen molar-refractivity contribution in [2.45, 2.75) is 51.2 Å². The van der Waals surface area contributed by atoms with Gasteiger partial charge in [-0.3, -0.25) is 14.4 Å². The largest absolute Gasteiger partial charge is 0.418 e. The van der Waals surface area contributed by atoms with Crippen LogP contribution in [-0.2, 0) is 20.6 Å². The lowest BCUT2D eigenvalue weighted by Crippen LogP contribution is -2.35. The second kappa shape index (κ2) is 7.81. The second-order valence-electron chi connectivity index (χ2n) is 7.31. The van der Waals surface area contributed by atoms with E-state index in [-0.39, 0.29) is 30.6 Å². The number of amides is 3. The highest BCUT2D eigenvalue weighted by molar-refractivity contribution is 5.98. The molecule has 1 aromatic carbocycles. The molecule has 1 unspecified atom stereocenters. The van der Waals surface area contributed by atoms with E-state index in [1.54, 1.807) is 4.90 Å². The van der Waals surface area contributed by atoms with Crippen LogP contribution in [-0.4, -0.2) is 35.2 Å². The van der Waals surface area contributed by atoms with E-state index < -0.39 is 35.2 Å². The van der Waals surface area contributed by atoms with E-state index in [2.05, 4.69) is 10.6 Å². The zero-order chi connectivity index (χ0) is 20.5. The molecule has 0 bridgehead atoms. The van der Waals surface area contributed by atoms with E-state index in [4.69, 9.17) is 0 Å². The molecular formula is C19H22F3N3O3. The summed E-state index contributed by atoms with van der Waals surface area (Å²) < 4.78 is 40.2. The summed E-state index contributed by atoms with van der Waals surface area (Å²) in [4.78, 5) is 37.5. The van der Waals surface area contributed by atoms with Crippen molar-refractivity contribution in [2.75, 3.05) is 17.2 Å². The van der Waals surface area contributed by atoms with Gasteiger partial charge in [-0.1, -0.05) is 12.8 Å². The number of likely N-dealkylation sites (tertiary alicyclic amines) is 1. The molecule has 1 aromatic rings. The first kappa shape index (κ1) is 20.2. The predicted molar refractivity (Wildman–Crippen MR) is 96.5 cm³/mol. The summed E-state index contributed by atoms with van der Waals surface area (Å²) >= 11 is 0. The number of alkyl halides is 3. The molecule has 3 rings (SSSR count). The quantitative estimate of drug-likeness (QED) is 0.818. The van der Waals surface area contributed by atoms with Crippen molar-refractivity contribution in [1.82, 2.24) is 4.90 Å². The van der Waals surface area contributed by atoms with Gasteiger partial charge in [-0.25, -0.2) is 0 Å². The van der Waals surface area contributed by atoms with Gasteiger partial charge < -0.3 is 15.5 Å². The van der Waals surface area contributed by atoms with Gasteiger partial charge in [0, 0.05) is 31.6 Å². The molecule has 2 N–H and O–H groups in total. The third-order valence-corrected chi connectivity index (χ3v) is 5.20. The van der Waals surface area contributed by atoms with Gasteiger partial charge >= 0.3 is 6.18 Å². The van der Waals surface area contributed by atoms with Crippen LogP contribution in [0.2, 0.25) is 0 Å². The highest BCUT2D eigenvalue weighted by Gasteiger charge is 2.40. The lowest BCUT2D eigenvalue weighted by molar-refractivity contribution is -0.137. The van der Waals surface area contributed by atoms with Gasteiger partial charge in [0.15, 0.2) is 0 Å². The van der Waals surface area contributed by atoms with Gasteiger partial charge in [-0.2, -0.15) is 13.2 Å². The fraction of sp³-hybridized carbons (Fsp3) is 0.526. The average Bonchev–Trinajstić information content (AvgIpc) is 3.24. The van der Waals surface area contributed by atoms with Crippen LogP contribution in [0.1, 0.15) is 44.6 Å². The van der Waals surface area contributed by atoms with Crippen LogP contribution in [0, 0.1) is 5.92 Å². The first-order chi connectivity index (χ1) is 13.1. The zero-order valence-electron chi connectivity index (χ0n) is 15.4. The topological polar surface area (TPSA) is 78.5 Å². The summed E-state index contributed by atoms with van der Waals surface area (Å²) in [5.74, 6) is -1.90. The van der Waals surface area contributed by atoms with E-state index in [1.165, 1.54) is 13.0 Å². The number of hydrogen-bond donors (Lipinski definition) is 2. The van der Waals surface area contributed by atoms with Crippen molar-refractivity contribution in [3.8, 4) is 0 Å². The Bertz CT molecular complexity index is 788. The number of rotatable bonds is 4. The maximum atomic E-state index is 13.4. The van der Waals surface area contributed by atoms with Crippen LogP contribution >= 0.6 is 0 Å². The van der Waals surface area contributed by atoms with E-state index in [1.807, 2.05) is 0 Å². The van der Waals surface area contributed by atoms with Crippen LogP contribution in [0.15, 0.2) is 18.2 Å². The molecule has 1 saturated carbocycles. The van der Waals surface area contributed by atoms with Crippen LogP contribution in [0.4, 0.5) is 24.5 Å². The maximum absolute atomic E-state index is 13.4. The standard InChI is InChI=1S/C19H22F3N3O3/c1-11(26)23-13-6-7-16(15(9-13)19(20,21)22)24-18(28)12-8-17(27)25(10-12)14-4-2-3-5-14/h6-7,9,12,14H,2-5,8,10H2,1H3,(H,23,26)(H,24,28). The number of nitrogens with zero attached hydrogens (tertiary/aromatic N) is 1. The summed E-state index contributed by atoms with van der Waals surface area (Å²) in [5, 5.41) is 4.61. The third kappa shape index (κ3) is 4.45. The van der Waals surface area contributed by atoms with Crippen LogP contribution in [0.3, 0.4) is 0 Å². The van der Waals surface area contributed by atoms with Crippen molar-refractivity contribution in [3.63, 3.8) is 0 Å². The Hall–Kier alpha value is -2.58. The van der Waals surface area contributed by atoms with Gasteiger partial charge in [0.1, 0.15) is 0 Å². The predicted octanol–water partition coefficient (Wildman–Crippen LogP) is 3.39. The fourth-order valence-corrected chi connectivity index (χ4v) is 3.88. The first-order valence-electron chi connectivity index (χ1n) is 9.24. The minimum atomic E-state index is -4.71. The molecule has 9 heteroatoms. The highest BCUT2D eigenvalue weighted by Crippen LogP contribution is 2.37. The Morgan fingerprint density at radius 3 is 2.43 bits per heavy atom. The normalized spacial score (nSPS) is 20.5. The van der Waals surface area contributed by atoms with Crippen molar-refractivity contribution < 1.29 is 27.6 Å². The minimum Gasteiger partial charge on any atom is -0.339 e. The lowest BCUT2D eigenvalue weighted by Gasteiger charge is -2.24.